The Labute approximate surface area is 116 Å². The van der Waals surface area contributed by atoms with Gasteiger partial charge in [-0.15, -0.1) is 0 Å². The number of likely N-dealkylation sites (tertiary alicyclic amines) is 1. The smallest absolute Gasteiger partial charge is 0.119 e. The van der Waals surface area contributed by atoms with E-state index in [1.807, 2.05) is 19.1 Å². The van der Waals surface area contributed by atoms with Crippen LogP contribution in [0.4, 0.5) is 0 Å². The van der Waals surface area contributed by atoms with E-state index < -0.39 is 0 Å². The van der Waals surface area contributed by atoms with Gasteiger partial charge in [-0.2, -0.15) is 0 Å². The van der Waals surface area contributed by atoms with Gasteiger partial charge in [0, 0.05) is 6.42 Å². The highest BCUT2D eigenvalue weighted by Gasteiger charge is 2.28. The summed E-state index contributed by atoms with van der Waals surface area (Å²) in [5, 5.41) is 0. The van der Waals surface area contributed by atoms with Crippen molar-refractivity contribution in [3.05, 3.63) is 29.8 Å². The van der Waals surface area contributed by atoms with E-state index in [0.717, 1.165) is 25.3 Å². The summed E-state index contributed by atoms with van der Waals surface area (Å²) in [6, 6.07) is 8.32. The maximum absolute atomic E-state index is 6.51. The summed E-state index contributed by atoms with van der Waals surface area (Å²) in [6.07, 6.45) is 4.78. The van der Waals surface area contributed by atoms with Crippen molar-refractivity contribution in [2.24, 2.45) is 5.73 Å². The molecule has 1 aliphatic rings. The molecule has 2 N–H and O–H groups in total. The van der Waals surface area contributed by atoms with Crippen LogP contribution >= 0.6 is 0 Å². The summed E-state index contributed by atoms with van der Waals surface area (Å²) >= 11 is 0. The van der Waals surface area contributed by atoms with Crippen molar-refractivity contribution in [2.45, 2.75) is 45.2 Å². The first kappa shape index (κ1) is 14.4. The molecular formula is C16H26N2O. The zero-order chi connectivity index (χ0) is 13.7. The lowest BCUT2D eigenvalue weighted by atomic mass is 9.97. The molecule has 1 atom stereocenters. The fraction of sp³-hybridized carbons (Fsp3) is 0.625. The van der Waals surface area contributed by atoms with Gasteiger partial charge >= 0.3 is 0 Å². The van der Waals surface area contributed by atoms with E-state index in [4.69, 9.17) is 10.5 Å². The molecule has 0 radical (unpaired) electrons. The van der Waals surface area contributed by atoms with E-state index in [0.29, 0.717) is 6.61 Å². The molecule has 0 aromatic heterocycles. The van der Waals surface area contributed by atoms with Gasteiger partial charge < -0.3 is 10.5 Å². The fourth-order valence-corrected chi connectivity index (χ4v) is 2.80. The van der Waals surface area contributed by atoms with Crippen LogP contribution in [0, 0.1) is 0 Å². The standard InChI is InChI=1S/C16H26N2O/c1-3-19-15-9-7-14(8-10-15)13-16(2,17)18-11-5-4-6-12-18/h7-10H,3-6,11-13,17H2,1-2H3. The summed E-state index contributed by atoms with van der Waals surface area (Å²) in [7, 11) is 0. The fourth-order valence-electron chi connectivity index (χ4n) is 2.80. The van der Waals surface area contributed by atoms with Crippen LogP contribution in [-0.4, -0.2) is 30.3 Å². The zero-order valence-electron chi connectivity index (χ0n) is 12.2. The molecule has 1 unspecified atom stereocenters. The number of nitrogens with two attached hydrogens (primary N) is 1. The van der Waals surface area contributed by atoms with Crippen LogP contribution in [0.25, 0.3) is 0 Å². The largest absolute Gasteiger partial charge is 0.494 e. The van der Waals surface area contributed by atoms with Gasteiger partial charge in [-0.25, -0.2) is 0 Å². The summed E-state index contributed by atoms with van der Waals surface area (Å²) < 4.78 is 5.47. The zero-order valence-corrected chi connectivity index (χ0v) is 12.2. The molecule has 19 heavy (non-hydrogen) atoms. The third-order valence-electron chi connectivity index (χ3n) is 3.87. The minimum atomic E-state index is -0.243. The van der Waals surface area contributed by atoms with Crippen molar-refractivity contribution < 1.29 is 4.74 Å². The molecule has 1 heterocycles. The maximum Gasteiger partial charge on any atom is 0.119 e. The van der Waals surface area contributed by atoms with Gasteiger partial charge in [-0.1, -0.05) is 18.6 Å². The third kappa shape index (κ3) is 3.95. The molecule has 0 aliphatic carbocycles. The number of rotatable bonds is 5. The summed E-state index contributed by atoms with van der Waals surface area (Å²) in [6.45, 7) is 7.12. The minimum absolute atomic E-state index is 0.243. The Bertz CT molecular complexity index is 380. The lowest BCUT2D eigenvalue weighted by molar-refractivity contribution is 0.0856. The number of ether oxygens (including phenoxy) is 1. The van der Waals surface area contributed by atoms with Crippen LogP contribution in [0.2, 0.25) is 0 Å². The van der Waals surface area contributed by atoms with Crippen LogP contribution in [0.3, 0.4) is 0 Å². The van der Waals surface area contributed by atoms with Gasteiger partial charge in [0.25, 0.3) is 0 Å². The quantitative estimate of drug-likeness (QED) is 0.887. The average Bonchev–Trinajstić information content (AvgIpc) is 2.42. The number of piperidine rings is 1. The molecule has 1 aromatic rings. The van der Waals surface area contributed by atoms with Crippen LogP contribution in [-0.2, 0) is 6.42 Å². The van der Waals surface area contributed by atoms with Gasteiger partial charge in [0.2, 0.25) is 0 Å². The van der Waals surface area contributed by atoms with Crippen LogP contribution < -0.4 is 10.5 Å². The topological polar surface area (TPSA) is 38.5 Å². The lowest BCUT2D eigenvalue weighted by Gasteiger charge is -2.40. The van der Waals surface area contributed by atoms with E-state index in [2.05, 4.69) is 24.0 Å². The molecule has 0 spiro atoms. The number of hydrogen-bond acceptors (Lipinski definition) is 3. The molecule has 1 saturated heterocycles. The first-order valence-electron chi connectivity index (χ1n) is 7.37. The second-order valence-electron chi connectivity index (χ2n) is 5.66. The summed E-state index contributed by atoms with van der Waals surface area (Å²) in [5.41, 5.74) is 7.55. The second kappa shape index (κ2) is 6.40. The molecule has 2 rings (SSSR count). The van der Waals surface area contributed by atoms with Crippen molar-refractivity contribution in [3.8, 4) is 5.75 Å². The third-order valence-corrected chi connectivity index (χ3v) is 3.87. The Hall–Kier alpha value is -1.06. The molecule has 3 nitrogen and oxygen atoms in total. The van der Waals surface area contributed by atoms with E-state index in [1.54, 1.807) is 0 Å². The predicted molar refractivity (Wildman–Crippen MR) is 79.3 cm³/mol. The van der Waals surface area contributed by atoms with E-state index >= 15 is 0 Å². The highest BCUT2D eigenvalue weighted by molar-refractivity contribution is 5.28. The predicted octanol–water partition coefficient (Wildman–Crippen LogP) is 2.79. The highest BCUT2D eigenvalue weighted by Crippen LogP contribution is 2.22. The molecule has 3 heteroatoms. The Morgan fingerprint density at radius 1 is 1.16 bits per heavy atom. The van der Waals surface area contributed by atoms with Crippen LogP contribution in [0.15, 0.2) is 24.3 Å². The Morgan fingerprint density at radius 3 is 2.37 bits per heavy atom. The molecule has 0 saturated carbocycles. The SMILES string of the molecule is CCOc1ccc(CC(C)(N)N2CCCCC2)cc1. The molecule has 1 aliphatic heterocycles. The Morgan fingerprint density at radius 2 is 1.79 bits per heavy atom. The minimum Gasteiger partial charge on any atom is -0.494 e. The molecular weight excluding hydrogens is 236 g/mol. The lowest BCUT2D eigenvalue weighted by Crippen LogP contribution is -2.56. The molecule has 1 aromatic carbocycles. The van der Waals surface area contributed by atoms with Crippen molar-refractivity contribution in [1.82, 2.24) is 4.90 Å². The van der Waals surface area contributed by atoms with Gasteiger partial charge in [0.05, 0.1) is 12.3 Å². The second-order valence-corrected chi connectivity index (χ2v) is 5.66. The van der Waals surface area contributed by atoms with Gasteiger partial charge in [0.15, 0.2) is 0 Å². The van der Waals surface area contributed by atoms with Gasteiger partial charge in [-0.05, 0) is 57.5 Å². The number of benzene rings is 1. The van der Waals surface area contributed by atoms with Crippen LogP contribution in [0.1, 0.15) is 38.7 Å². The van der Waals surface area contributed by atoms with E-state index in [-0.39, 0.29) is 5.66 Å². The van der Waals surface area contributed by atoms with Crippen molar-refractivity contribution in [3.63, 3.8) is 0 Å². The average molecular weight is 262 g/mol. The molecule has 106 valence electrons. The number of hydrogen-bond donors (Lipinski definition) is 1. The van der Waals surface area contributed by atoms with Crippen molar-refractivity contribution in [2.75, 3.05) is 19.7 Å². The summed E-state index contributed by atoms with van der Waals surface area (Å²) in [4.78, 5) is 2.42. The Balaban J connectivity index is 1.98. The first-order chi connectivity index (χ1) is 9.12. The molecule has 1 fully saturated rings. The highest BCUT2D eigenvalue weighted by atomic mass is 16.5. The van der Waals surface area contributed by atoms with E-state index in [9.17, 15) is 0 Å². The molecule has 0 bridgehead atoms. The first-order valence-corrected chi connectivity index (χ1v) is 7.37. The maximum atomic E-state index is 6.51. The van der Waals surface area contributed by atoms with Crippen molar-refractivity contribution >= 4 is 0 Å². The van der Waals surface area contributed by atoms with E-state index in [1.165, 1.54) is 24.8 Å². The summed E-state index contributed by atoms with van der Waals surface area (Å²) in [5.74, 6) is 0.933. The normalized spacial score (nSPS) is 19.9. The Kier molecular flexibility index (Phi) is 4.83. The van der Waals surface area contributed by atoms with Crippen molar-refractivity contribution in [1.29, 1.82) is 0 Å². The van der Waals surface area contributed by atoms with Gasteiger partial charge in [-0.3, -0.25) is 4.90 Å². The monoisotopic (exact) mass is 262 g/mol. The number of nitrogens with zero attached hydrogens (tertiary/aromatic N) is 1. The van der Waals surface area contributed by atoms with Gasteiger partial charge in [0.1, 0.15) is 5.75 Å². The molecule has 0 amide bonds. The van der Waals surface area contributed by atoms with Crippen LogP contribution in [0.5, 0.6) is 5.75 Å².